The Labute approximate surface area is 101 Å². The molecule has 1 aromatic carbocycles. The van der Waals surface area contributed by atoms with Gasteiger partial charge in [0.2, 0.25) is 0 Å². The van der Waals surface area contributed by atoms with Crippen LogP contribution in [0.2, 0.25) is 0 Å². The molecule has 0 aromatic heterocycles. The van der Waals surface area contributed by atoms with Gasteiger partial charge in [-0.1, -0.05) is 18.2 Å². The Balaban J connectivity index is 2.33. The average molecular weight is 260 g/mol. The first-order valence-electron chi connectivity index (χ1n) is 5.46. The number of carboxylic acid groups (broad SMARTS) is 1. The second-order valence-electron chi connectivity index (χ2n) is 4.24. The van der Waals surface area contributed by atoms with E-state index in [2.05, 4.69) is 4.74 Å². The van der Waals surface area contributed by atoms with Crippen molar-refractivity contribution in [3.63, 3.8) is 0 Å². The third-order valence-corrected chi connectivity index (χ3v) is 2.84. The van der Waals surface area contributed by atoms with E-state index >= 15 is 0 Å². The highest BCUT2D eigenvalue weighted by Crippen LogP contribution is 2.45. The number of para-hydroxylation sites is 1. The molecule has 0 bridgehead atoms. The molecule has 3 nitrogen and oxygen atoms in total. The van der Waals surface area contributed by atoms with Crippen LogP contribution in [-0.2, 0) is 4.79 Å². The summed E-state index contributed by atoms with van der Waals surface area (Å²) in [6, 6.07) is 5.41. The van der Waals surface area contributed by atoms with Crippen LogP contribution in [0.1, 0.15) is 24.3 Å². The van der Waals surface area contributed by atoms with Crippen LogP contribution < -0.4 is 4.74 Å². The lowest BCUT2D eigenvalue weighted by molar-refractivity contribution is -0.275. The van der Waals surface area contributed by atoms with Crippen molar-refractivity contribution in [3.8, 4) is 5.75 Å². The highest BCUT2D eigenvalue weighted by Gasteiger charge is 2.40. The van der Waals surface area contributed by atoms with Gasteiger partial charge in [0.05, 0.1) is 5.92 Å². The smallest absolute Gasteiger partial charge is 0.481 e. The molecule has 1 aliphatic carbocycles. The summed E-state index contributed by atoms with van der Waals surface area (Å²) in [5.41, 5.74) is 0.0878. The molecule has 1 N–H and O–H groups in total. The fourth-order valence-corrected chi connectivity index (χ4v) is 1.97. The predicted molar refractivity (Wildman–Crippen MR) is 56.2 cm³/mol. The maximum Gasteiger partial charge on any atom is 0.573 e. The zero-order chi connectivity index (χ0) is 13.3. The number of halogens is 3. The molecule has 1 saturated carbocycles. The van der Waals surface area contributed by atoms with Crippen molar-refractivity contribution in [2.75, 3.05) is 0 Å². The van der Waals surface area contributed by atoms with Gasteiger partial charge in [-0.25, -0.2) is 0 Å². The first kappa shape index (κ1) is 12.7. The van der Waals surface area contributed by atoms with E-state index < -0.39 is 24.0 Å². The fourth-order valence-electron chi connectivity index (χ4n) is 1.97. The van der Waals surface area contributed by atoms with E-state index in [1.54, 1.807) is 0 Å². The van der Waals surface area contributed by atoms with Crippen molar-refractivity contribution in [3.05, 3.63) is 29.8 Å². The summed E-state index contributed by atoms with van der Waals surface area (Å²) in [5.74, 6) is -2.57. The number of hydrogen-bond donors (Lipinski definition) is 1. The molecular formula is C12H11F3O3. The van der Waals surface area contributed by atoms with Gasteiger partial charge >= 0.3 is 12.3 Å². The molecule has 0 radical (unpaired) electrons. The van der Waals surface area contributed by atoms with Crippen LogP contribution >= 0.6 is 0 Å². The van der Waals surface area contributed by atoms with Crippen LogP contribution in [0.25, 0.3) is 0 Å². The van der Waals surface area contributed by atoms with Gasteiger partial charge in [-0.15, -0.1) is 13.2 Å². The summed E-state index contributed by atoms with van der Waals surface area (Å²) in [5, 5.41) is 9.12. The highest BCUT2D eigenvalue weighted by molar-refractivity contribution is 5.78. The van der Waals surface area contributed by atoms with Crippen LogP contribution in [0.15, 0.2) is 24.3 Å². The van der Waals surface area contributed by atoms with Crippen molar-refractivity contribution in [1.29, 1.82) is 0 Å². The van der Waals surface area contributed by atoms with E-state index in [9.17, 15) is 18.0 Å². The lowest BCUT2D eigenvalue weighted by atomic mass is 9.93. The number of benzene rings is 1. The molecule has 1 aromatic rings. The van der Waals surface area contributed by atoms with E-state index in [1.165, 1.54) is 18.2 Å². The predicted octanol–water partition coefficient (Wildman–Crippen LogP) is 3.16. The summed E-state index contributed by atoms with van der Waals surface area (Å²) < 4.78 is 40.6. The molecule has 1 unspecified atom stereocenters. The van der Waals surface area contributed by atoms with Crippen molar-refractivity contribution >= 4 is 5.97 Å². The summed E-state index contributed by atoms with van der Waals surface area (Å²) in [4.78, 5) is 11.2. The van der Waals surface area contributed by atoms with Gasteiger partial charge in [-0.05, 0) is 24.8 Å². The minimum absolute atomic E-state index is 0.0878. The van der Waals surface area contributed by atoms with Crippen LogP contribution in [0.5, 0.6) is 5.75 Å². The Kier molecular flexibility index (Phi) is 3.19. The van der Waals surface area contributed by atoms with Gasteiger partial charge in [0.15, 0.2) is 0 Å². The maximum atomic E-state index is 12.2. The molecule has 0 spiro atoms. The summed E-state index contributed by atoms with van der Waals surface area (Å²) in [6.45, 7) is 0. The zero-order valence-corrected chi connectivity index (χ0v) is 9.28. The Hall–Kier alpha value is -1.72. The third-order valence-electron chi connectivity index (χ3n) is 2.84. The van der Waals surface area contributed by atoms with Crippen LogP contribution in [0.4, 0.5) is 13.2 Å². The summed E-state index contributed by atoms with van der Waals surface area (Å²) >= 11 is 0. The van der Waals surface area contributed by atoms with Gasteiger partial charge < -0.3 is 9.84 Å². The second kappa shape index (κ2) is 4.51. The van der Waals surface area contributed by atoms with E-state index in [0.717, 1.165) is 18.9 Å². The molecular weight excluding hydrogens is 249 g/mol. The van der Waals surface area contributed by atoms with Gasteiger partial charge in [-0.3, -0.25) is 4.79 Å². The average Bonchev–Trinajstić information content (AvgIpc) is 3.02. The van der Waals surface area contributed by atoms with Crippen molar-refractivity contribution in [1.82, 2.24) is 0 Å². The number of hydrogen-bond acceptors (Lipinski definition) is 2. The lowest BCUT2D eigenvalue weighted by Crippen LogP contribution is -2.21. The maximum absolute atomic E-state index is 12.2. The molecule has 98 valence electrons. The third kappa shape index (κ3) is 2.94. The first-order valence-corrected chi connectivity index (χ1v) is 5.46. The quantitative estimate of drug-likeness (QED) is 0.904. The molecule has 2 rings (SSSR count). The molecule has 0 aliphatic heterocycles. The largest absolute Gasteiger partial charge is 0.573 e. The molecule has 18 heavy (non-hydrogen) atoms. The lowest BCUT2D eigenvalue weighted by Gasteiger charge is -2.17. The van der Waals surface area contributed by atoms with Crippen molar-refractivity contribution in [2.24, 2.45) is 5.92 Å². The van der Waals surface area contributed by atoms with Crippen molar-refractivity contribution in [2.45, 2.75) is 25.1 Å². The van der Waals surface area contributed by atoms with E-state index in [1.807, 2.05) is 0 Å². The van der Waals surface area contributed by atoms with E-state index in [4.69, 9.17) is 5.11 Å². The number of carbonyl (C=O) groups is 1. The SMILES string of the molecule is O=C(O)C(c1ccccc1OC(F)(F)F)C1CC1. The molecule has 0 heterocycles. The van der Waals surface area contributed by atoms with Crippen molar-refractivity contribution < 1.29 is 27.8 Å². The molecule has 1 fully saturated rings. The number of carboxylic acids is 1. The number of alkyl halides is 3. The Morgan fingerprint density at radius 2 is 1.94 bits per heavy atom. The Bertz CT molecular complexity index is 452. The normalized spacial score (nSPS) is 17.3. The Morgan fingerprint density at radius 1 is 1.33 bits per heavy atom. The minimum Gasteiger partial charge on any atom is -0.481 e. The molecule has 1 atom stereocenters. The molecule has 0 amide bonds. The summed E-state index contributed by atoms with van der Waals surface area (Å²) in [6.07, 6.45) is -3.38. The Morgan fingerprint density at radius 3 is 2.44 bits per heavy atom. The van der Waals surface area contributed by atoms with E-state index in [-0.39, 0.29) is 11.5 Å². The van der Waals surface area contributed by atoms with Gasteiger partial charge in [0, 0.05) is 5.56 Å². The van der Waals surface area contributed by atoms with Gasteiger partial charge in [0.25, 0.3) is 0 Å². The zero-order valence-electron chi connectivity index (χ0n) is 9.28. The van der Waals surface area contributed by atoms with Gasteiger partial charge in [0.1, 0.15) is 5.75 Å². The van der Waals surface area contributed by atoms with Crippen LogP contribution in [0, 0.1) is 5.92 Å². The number of aliphatic carboxylic acids is 1. The fraction of sp³-hybridized carbons (Fsp3) is 0.417. The van der Waals surface area contributed by atoms with Crippen LogP contribution in [-0.4, -0.2) is 17.4 Å². The van der Waals surface area contributed by atoms with Crippen LogP contribution in [0.3, 0.4) is 0 Å². The molecule has 1 aliphatic rings. The van der Waals surface area contributed by atoms with Gasteiger partial charge in [-0.2, -0.15) is 0 Å². The molecule has 0 saturated heterocycles. The second-order valence-corrected chi connectivity index (χ2v) is 4.24. The minimum atomic E-state index is -4.82. The highest BCUT2D eigenvalue weighted by atomic mass is 19.4. The standard InChI is InChI=1S/C12H11F3O3/c13-12(14,15)18-9-4-2-1-3-8(9)10(11(16)17)7-5-6-7/h1-4,7,10H,5-6H2,(H,16,17). The molecule has 6 heteroatoms. The topological polar surface area (TPSA) is 46.5 Å². The monoisotopic (exact) mass is 260 g/mol. The first-order chi connectivity index (χ1) is 8.38. The number of ether oxygens (including phenoxy) is 1. The van der Waals surface area contributed by atoms with E-state index in [0.29, 0.717) is 0 Å². The number of rotatable bonds is 4. The summed E-state index contributed by atoms with van der Waals surface area (Å²) in [7, 11) is 0.